The van der Waals surface area contributed by atoms with Gasteiger partial charge in [0, 0.05) is 20.8 Å². The van der Waals surface area contributed by atoms with Crippen LogP contribution in [0.3, 0.4) is 0 Å². The van der Waals surface area contributed by atoms with Gasteiger partial charge in [-0.1, -0.05) is 34.5 Å². The van der Waals surface area contributed by atoms with Crippen molar-refractivity contribution in [3.63, 3.8) is 0 Å². The maximum absolute atomic E-state index is 6.08. The van der Waals surface area contributed by atoms with Crippen molar-refractivity contribution in [2.75, 3.05) is 6.54 Å². The first-order chi connectivity index (χ1) is 9.19. The van der Waals surface area contributed by atoms with Crippen LogP contribution in [0.15, 0.2) is 34.8 Å². The smallest absolute Gasteiger partial charge is 0.139 e. The quantitative estimate of drug-likeness (QED) is 0.795. The summed E-state index contributed by atoms with van der Waals surface area (Å²) < 4.78 is 6.71. The van der Waals surface area contributed by atoms with E-state index >= 15 is 0 Å². The van der Waals surface area contributed by atoms with Crippen molar-refractivity contribution in [1.82, 2.24) is 5.32 Å². The first kappa shape index (κ1) is 14.9. The molecule has 0 unspecified atom stereocenters. The summed E-state index contributed by atoms with van der Waals surface area (Å²) >= 11 is 11.3. The second-order valence-electron chi connectivity index (χ2n) is 4.01. The molecule has 1 N–H and O–H groups in total. The van der Waals surface area contributed by atoms with Crippen LogP contribution in [0.2, 0.25) is 5.02 Å². The van der Waals surface area contributed by atoms with Gasteiger partial charge in [-0.25, -0.2) is 0 Å². The predicted molar refractivity (Wildman–Crippen MR) is 85.2 cm³/mol. The van der Waals surface area contributed by atoms with Gasteiger partial charge in [-0.2, -0.15) is 0 Å². The Labute approximate surface area is 130 Å². The maximum atomic E-state index is 6.08. The highest BCUT2D eigenvalue weighted by atomic mass is 79.9. The molecule has 0 bridgehead atoms. The molecule has 102 valence electrons. The van der Waals surface area contributed by atoms with Gasteiger partial charge in [-0.15, -0.1) is 11.3 Å². The van der Waals surface area contributed by atoms with Crippen molar-refractivity contribution in [2.24, 2.45) is 0 Å². The largest absolute Gasteiger partial charge is 0.486 e. The molecule has 0 aliphatic rings. The van der Waals surface area contributed by atoms with Gasteiger partial charge in [0.25, 0.3) is 0 Å². The molecule has 0 spiro atoms. The molecule has 0 atom stereocenters. The van der Waals surface area contributed by atoms with E-state index in [0.29, 0.717) is 17.4 Å². The number of benzene rings is 1. The second kappa shape index (κ2) is 7.29. The number of ether oxygens (including phenoxy) is 1. The third-order valence-electron chi connectivity index (χ3n) is 2.53. The molecule has 0 radical (unpaired) electrons. The van der Waals surface area contributed by atoms with Crippen LogP contribution < -0.4 is 10.1 Å². The summed E-state index contributed by atoms with van der Waals surface area (Å²) in [5.41, 5.74) is 0. The lowest BCUT2D eigenvalue weighted by atomic mass is 10.3. The van der Waals surface area contributed by atoms with Crippen molar-refractivity contribution in [2.45, 2.75) is 20.1 Å². The maximum Gasteiger partial charge on any atom is 0.139 e. The normalized spacial score (nSPS) is 10.7. The Hall–Kier alpha value is -0.550. The second-order valence-corrected chi connectivity index (χ2v) is 6.59. The summed E-state index contributed by atoms with van der Waals surface area (Å²) in [6, 6.07) is 9.84. The molecule has 1 aromatic carbocycles. The van der Waals surface area contributed by atoms with Crippen LogP contribution in [0.4, 0.5) is 0 Å². The molecule has 19 heavy (non-hydrogen) atoms. The number of hydrogen-bond acceptors (Lipinski definition) is 3. The SMILES string of the molecule is CCNCc1ccc(COc2cc(Br)ccc2Cl)s1. The van der Waals surface area contributed by atoms with Gasteiger partial charge < -0.3 is 10.1 Å². The minimum atomic E-state index is 0.549. The molecule has 0 saturated carbocycles. The lowest BCUT2D eigenvalue weighted by Gasteiger charge is -2.07. The summed E-state index contributed by atoms with van der Waals surface area (Å²) in [6.07, 6.45) is 0. The van der Waals surface area contributed by atoms with Crippen LogP contribution in [-0.2, 0) is 13.2 Å². The monoisotopic (exact) mass is 359 g/mol. The average molecular weight is 361 g/mol. The highest BCUT2D eigenvalue weighted by Gasteiger charge is 2.05. The third kappa shape index (κ3) is 4.49. The third-order valence-corrected chi connectivity index (χ3v) is 4.39. The van der Waals surface area contributed by atoms with Crippen molar-refractivity contribution in [3.8, 4) is 5.75 Å². The summed E-state index contributed by atoms with van der Waals surface area (Å²) in [6.45, 7) is 4.55. The summed E-state index contributed by atoms with van der Waals surface area (Å²) in [7, 11) is 0. The minimum absolute atomic E-state index is 0.549. The van der Waals surface area contributed by atoms with Crippen LogP contribution in [0, 0.1) is 0 Å². The van der Waals surface area contributed by atoms with Crippen molar-refractivity contribution in [1.29, 1.82) is 0 Å². The molecule has 0 amide bonds. The molecule has 0 saturated heterocycles. The van der Waals surface area contributed by atoms with E-state index in [-0.39, 0.29) is 0 Å². The molecule has 1 heterocycles. The Morgan fingerprint density at radius 3 is 2.84 bits per heavy atom. The zero-order valence-electron chi connectivity index (χ0n) is 10.6. The molecule has 5 heteroatoms. The number of nitrogens with one attached hydrogen (secondary N) is 1. The van der Waals surface area contributed by atoms with E-state index in [1.165, 1.54) is 9.75 Å². The number of halogens is 2. The van der Waals surface area contributed by atoms with E-state index in [2.05, 4.69) is 40.3 Å². The number of hydrogen-bond donors (Lipinski definition) is 1. The molecule has 2 aromatic rings. The van der Waals surface area contributed by atoms with Crippen LogP contribution in [-0.4, -0.2) is 6.54 Å². The highest BCUT2D eigenvalue weighted by molar-refractivity contribution is 9.10. The zero-order chi connectivity index (χ0) is 13.7. The van der Waals surface area contributed by atoms with E-state index in [0.717, 1.165) is 17.6 Å². The molecular weight excluding hydrogens is 346 g/mol. The molecule has 2 nitrogen and oxygen atoms in total. The van der Waals surface area contributed by atoms with Crippen molar-refractivity contribution >= 4 is 38.9 Å². The van der Waals surface area contributed by atoms with Crippen molar-refractivity contribution < 1.29 is 4.74 Å². The predicted octanol–water partition coefficient (Wildman–Crippen LogP) is 4.85. The van der Waals surface area contributed by atoms with Gasteiger partial charge in [0.15, 0.2) is 0 Å². The summed E-state index contributed by atoms with van der Waals surface area (Å²) in [5, 5.41) is 3.94. The minimum Gasteiger partial charge on any atom is -0.486 e. The van der Waals surface area contributed by atoms with Gasteiger partial charge in [0.05, 0.1) is 5.02 Å². The lowest BCUT2D eigenvalue weighted by molar-refractivity contribution is 0.310. The van der Waals surface area contributed by atoms with Crippen LogP contribution >= 0.6 is 38.9 Å². The fourth-order valence-corrected chi connectivity index (χ4v) is 2.99. The number of thiophene rings is 1. The first-order valence-corrected chi connectivity index (χ1v) is 8.04. The Balaban J connectivity index is 1.94. The van der Waals surface area contributed by atoms with Crippen LogP contribution in [0.5, 0.6) is 5.75 Å². The Morgan fingerprint density at radius 1 is 1.26 bits per heavy atom. The standard InChI is InChI=1S/C14H15BrClNOS/c1-2-17-8-11-4-5-12(19-11)9-18-14-7-10(15)3-6-13(14)16/h3-7,17H,2,8-9H2,1H3. The Bertz CT molecular complexity index is 544. The van der Waals surface area contributed by atoms with Gasteiger partial charge in [-0.05, 0) is 36.9 Å². The van der Waals surface area contributed by atoms with Gasteiger partial charge in [-0.3, -0.25) is 0 Å². The summed E-state index contributed by atoms with van der Waals surface area (Å²) in [5.74, 6) is 0.706. The fraction of sp³-hybridized carbons (Fsp3) is 0.286. The Kier molecular flexibility index (Phi) is 5.70. The molecule has 1 aromatic heterocycles. The molecule has 2 rings (SSSR count). The highest BCUT2D eigenvalue weighted by Crippen LogP contribution is 2.29. The van der Waals surface area contributed by atoms with E-state index in [1.807, 2.05) is 18.2 Å². The van der Waals surface area contributed by atoms with Crippen LogP contribution in [0.25, 0.3) is 0 Å². The van der Waals surface area contributed by atoms with E-state index in [1.54, 1.807) is 11.3 Å². The Morgan fingerprint density at radius 2 is 2.05 bits per heavy atom. The zero-order valence-corrected chi connectivity index (χ0v) is 13.7. The van der Waals surface area contributed by atoms with Gasteiger partial charge in [0.1, 0.15) is 12.4 Å². The van der Waals surface area contributed by atoms with E-state index in [4.69, 9.17) is 16.3 Å². The van der Waals surface area contributed by atoms with E-state index in [9.17, 15) is 0 Å². The topological polar surface area (TPSA) is 21.3 Å². The molecule has 0 aliphatic heterocycles. The van der Waals surface area contributed by atoms with Crippen molar-refractivity contribution in [3.05, 3.63) is 49.6 Å². The van der Waals surface area contributed by atoms with Crippen LogP contribution in [0.1, 0.15) is 16.7 Å². The molecule has 0 aliphatic carbocycles. The average Bonchev–Trinajstić information content (AvgIpc) is 2.85. The molecule has 0 fully saturated rings. The fourth-order valence-electron chi connectivity index (χ4n) is 1.58. The molecular formula is C14H15BrClNOS. The van der Waals surface area contributed by atoms with Gasteiger partial charge >= 0.3 is 0 Å². The first-order valence-electron chi connectivity index (χ1n) is 6.05. The number of rotatable bonds is 6. The van der Waals surface area contributed by atoms with E-state index < -0.39 is 0 Å². The summed E-state index contributed by atoms with van der Waals surface area (Å²) in [4.78, 5) is 2.52. The van der Waals surface area contributed by atoms with Gasteiger partial charge in [0.2, 0.25) is 0 Å². The lowest BCUT2D eigenvalue weighted by Crippen LogP contribution is -2.10.